The maximum Gasteiger partial charge on any atom is 0.166 e. The second-order valence-corrected chi connectivity index (χ2v) is 6.34. The van der Waals surface area contributed by atoms with Gasteiger partial charge in [0.15, 0.2) is 5.16 Å². The summed E-state index contributed by atoms with van der Waals surface area (Å²) in [6, 6.07) is 6.44. The van der Waals surface area contributed by atoms with Gasteiger partial charge in [-0.2, -0.15) is 0 Å². The number of benzene rings is 1. The number of nitrogens with zero attached hydrogens (tertiary/aromatic N) is 1. The average molecular weight is 293 g/mol. The number of rotatable bonds is 7. The van der Waals surface area contributed by atoms with Crippen molar-refractivity contribution in [3.63, 3.8) is 0 Å². The highest BCUT2D eigenvalue weighted by Gasteiger charge is 2.07. The molecule has 1 atom stereocenters. The van der Waals surface area contributed by atoms with E-state index in [0.717, 1.165) is 34.2 Å². The number of hydrogen-bond acceptors (Lipinski definition) is 4. The Morgan fingerprint density at radius 1 is 1.35 bits per heavy atom. The SMILES string of the molecule is COc1ccc2nc(SCCNC(C)C(C)C)[nH]c2c1. The first-order chi connectivity index (χ1) is 9.60. The van der Waals surface area contributed by atoms with Gasteiger partial charge in [-0.3, -0.25) is 0 Å². The van der Waals surface area contributed by atoms with Gasteiger partial charge in [0.25, 0.3) is 0 Å². The van der Waals surface area contributed by atoms with Gasteiger partial charge in [-0.05, 0) is 25.0 Å². The van der Waals surface area contributed by atoms with Crippen molar-refractivity contribution in [2.75, 3.05) is 19.4 Å². The van der Waals surface area contributed by atoms with Gasteiger partial charge in [0.05, 0.1) is 18.1 Å². The molecule has 0 aliphatic heterocycles. The lowest BCUT2D eigenvalue weighted by Crippen LogP contribution is -2.32. The highest BCUT2D eigenvalue weighted by atomic mass is 32.2. The zero-order valence-corrected chi connectivity index (χ0v) is 13.4. The van der Waals surface area contributed by atoms with E-state index in [0.29, 0.717) is 12.0 Å². The van der Waals surface area contributed by atoms with Crippen LogP contribution < -0.4 is 10.1 Å². The number of H-pyrrole nitrogens is 1. The summed E-state index contributed by atoms with van der Waals surface area (Å²) in [7, 11) is 1.68. The van der Waals surface area contributed by atoms with Crippen molar-refractivity contribution in [3.05, 3.63) is 18.2 Å². The van der Waals surface area contributed by atoms with Crippen molar-refractivity contribution in [1.29, 1.82) is 0 Å². The number of aromatic amines is 1. The molecule has 0 aliphatic carbocycles. The molecule has 1 aromatic carbocycles. The molecule has 0 fully saturated rings. The normalized spacial score (nSPS) is 13.1. The summed E-state index contributed by atoms with van der Waals surface area (Å²) < 4.78 is 5.21. The summed E-state index contributed by atoms with van der Waals surface area (Å²) >= 11 is 1.74. The molecule has 0 amide bonds. The van der Waals surface area contributed by atoms with E-state index in [1.54, 1.807) is 18.9 Å². The zero-order chi connectivity index (χ0) is 14.5. The lowest BCUT2D eigenvalue weighted by atomic mass is 10.1. The Kier molecular flexibility index (Phi) is 5.31. The number of methoxy groups -OCH3 is 1. The van der Waals surface area contributed by atoms with E-state index >= 15 is 0 Å². The van der Waals surface area contributed by atoms with Crippen molar-refractivity contribution in [2.45, 2.75) is 32.0 Å². The van der Waals surface area contributed by atoms with Crippen LogP contribution in [0.5, 0.6) is 5.75 Å². The van der Waals surface area contributed by atoms with Crippen molar-refractivity contribution in [3.8, 4) is 5.75 Å². The van der Waals surface area contributed by atoms with E-state index in [-0.39, 0.29) is 0 Å². The maximum absolute atomic E-state index is 5.21. The number of fused-ring (bicyclic) bond motifs is 1. The smallest absolute Gasteiger partial charge is 0.166 e. The van der Waals surface area contributed by atoms with Crippen LogP contribution >= 0.6 is 11.8 Å². The molecule has 0 radical (unpaired) electrons. The molecular weight excluding hydrogens is 270 g/mol. The lowest BCUT2D eigenvalue weighted by Gasteiger charge is -2.16. The Bertz CT molecular complexity index is 553. The standard InChI is InChI=1S/C15H23N3OS/c1-10(2)11(3)16-7-8-20-15-17-13-6-5-12(19-4)9-14(13)18-15/h5-6,9-11,16H,7-8H2,1-4H3,(H,17,18). The first kappa shape index (κ1) is 15.2. The molecule has 0 saturated carbocycles. The predicted octanol–water partition coefficient (Wildman–Crippen LogP) is 3.30. The van der Waals surface area contributed by atoms with Crippen LogP contribution in [0, 0.1) is 5.92 Å². The summed E-state index contributed by atoms with van der Waals surface area (Å²) in [6.07, 6.45) is 0. The molecule has 1 heterocycles. The van der Waals surface area contributed by atoms with Crippen LogP contribution in [0.25, 0.3) is 11.0 Å². The Morgan fingerprint density at radius 3 is 2.85 bits per heavy atom. The predicted molar refractivity (Wildman–Crippen MR) is 85.7 cm³/mol. The number of ether oxygens (including phenoxy) is 1. The van der Waals surface area contributed by atoms with Gasteiger partial charge in [0.1, 0.15) is 5.75 Å². The van der Waals surface area contributed by atoms with Crippen LogP contribution in [-0.4, -0.2) is 35.4 Å². The third-order valence-electron chi connectivity index (χ3n) is 3.47. The topological polar surface area (TPSA) is 49.9 Å². The minimum absolute atomic E-state index is 0.551. The van der Waals surface area contributed by atoms with Crippen molar-refractivity contribution in [2.24, 2.45) is 5.92 Å². The van der Waals surface area contributed by atoms with E-state index in [2.05, 4.69) is 36.1 Å². The van der Waals surface area contributed by atoms with Gasteiger partial charge < -0.3 is 15.0 Å². The molecule has 5 heteroatoms. The highest BCUT2D eigenvalue weighted by Crippen LogP contribution is 2.22. The summed E-state index contributed by atoms with van der Waals surface area (Å²) in [5.74, 6) is 2.53. The van der Waals surface area contributed by atoms with E-state index < -0.39 is 0 Å². The lowest BCUT2D eigenvalue weighted by molar-refractivity contribution is 0.415. The Morgan fingerprint density at radius 2 is 2.15 bits per heavy atom. The molecule has 2 rings (SSSR count). The number of thioether (sulfide) groups is 1. The van der Waals surface area contributed by atoms with Gasteiger partial charge in [-0.25, -0.2) is 4.98 Å². The zero-order valence-electron chi connectivity index (χ0n) is 12.6. The average Bonchev–Trinajstić information content (AvgIpc) is 2.84. The first-order valence-electron chi connectivity index (χ1n) is 7.00. The van der Waals surface area contributed by atoms with Crippen LogP contribution in [-0.2, 0) is 0 Å². The quantitative estimate of drug-likeness (QED) is 0.607. The molecule has 110 valence electrons. The fourth-order valence-electron chi connectivity index (χ4n) is 1.83. The molecule has 2 aromatic rings. The minimum Gasteiger partial charge on any atom is -0.497 e. The maximum atomic E-state index is 5.21. The third kappa shape index (κ3) is 3.90. The molecule has 0 spiro atoms. The van der Waals surface area contributed by atoms with Gasteiger partial charge in [-0.15, -0.1) is 0 Å². The Balaban J connectivity index is 1.87. The largest absolute Gasteiger partial charge is 0.497 e. The summed E-state index contributed by atoms with van der Waals surface area (Å²) in [4.78, 5) is 7.89. The molecule has 2 N–H and O–H groups in total. The summed E-state index contributed by atoms with van der Waals surface area (Å²) in [6.45, 7) is 7.68. The van der Waals surface area contributed by atoms with Gasteiger partial charge in [-0.1, -0.05) is 25.6 Å². The number of hydrogen-bond donors (Lipinski definition) is 2. The van der Waals surface area contributed by atoms with Gasteiger partial charge in [0.2, 0.25) is 0 Å². The first-order valence-corrected chi connectivity index (χ1v) is 7.98. The molecule has 1 unspecified atom stereocenters. The summed E-state index contributed by atoms with van der Waals surface area (Å²) in [5.41, 5.74) is 2.01. The van der Waals surface area contributed by atoms with Crippen molar-refractivity contribution < 1.29 is 4.74 Å². The fourth-order valence-corrected chi connectivity index (χ4v) is 2.59. The minimum atomic E-state index is 0.551. The summed E-state index contributed by atoms with van der Waals surface area (Å²) in [5, 5.41) is 4.49. The fraction of sp³-hybridized carbons (Fsp3) is 0.533. The number of aromatic nitrogens is 2. The molecule has 4 nitrogen and oxygen atoms in total. The monoisotopic (exact) mass is 293 g/mol. The van der Waals surface area contributed by atoms with Crippen LogP contribution in [0.4, 0.5) is 0 Å². The van der Waals surface area contributed by atoms with Crippen LogP contribution in [0.2, 0.25) is 0 Å². The molecule has 1 aromatic heterocycles. The Hall–Kier alpha value is -1.20. The second-order valence-electron chi connectivity index (χ2n) is 5.26. The van der Waals surface area contributed by atoms with E-state index in [1.165, 1.54) is 0 Å². The molecule has 0 saturated heterocycles. The molecule has 0 bridgehead atoms. The second kappa shape index (κ2) is 6.99. The molecule has 0 aliphatic rings. The van der Waals surface area contributed by atoms with E-state index in [9.17, 15) is 0 Å². The van der Waals surface area contributed by atoms with Crippen LogP contribution in [0.3, 0.4) is 0 Å². The number of nitrogens with one attached hydrogen (secondary N) is 2. The van der Waals surface area contributed by atoms with E-state index in [4.69, 9.17) is 4.74 Å². The van der Waals surface area contributed by atoms with E-state index in [1.807, 2.05) is 18.2 Å². The van der Waals surface area contributed by atoms with Crippen molar-refractivity contribution in [1.82, 2.24) is 15.3 Å². The third-order valence-corrected chi connectivity index (χ3v) is 4.35. The number of imidazole rings is 1. The molecule has 20 heavy (non-hydrogen) atoms. The van der Waals surface area contributed by atoms with Gasteiger partial charge in [0, 0.05) is 24.4 Å². The van der Waals surface area contributed by atoms with Crippen LogP contribution in [0.1, 0.15) is 20.8 Å². The van der Waals surface area contributed by atoms with Gasteiger partial charge >= 0.3 is 0 Å². The van der Waals surface area contributed by atoms with Crippen molar-refractivity contribution >= 4 is 22.8 Å². The van der Waals surface area contributed by atoms with Crippen LogP contribution in [0.15, 0.2) is 23.4 Å². The molecular formula is C15H23N3OS. The Labute approximate surface area is 124 Å². The highest BCUT2D eigenvalue weighted by molar-refractivity contribution is 7.99.